The van der Waals surface area contributed by atoms with Gasteiger partial charge in [-0.25, -0.2) is 9.37 Å². The number of likely N-dealkylation sites (tertiary alicyclic amines) is 1. The Morgan fingerprint density at radius 1 is 1.35 bits per heavy atom. The Morgan fingerprint density at radius 3 is 2.88 bits per heavy atom. The van der Waals surface area contributed by atoms with Crippen molar-refractivity contribution in [2.24, 2.45) is 0 Å². The van der Waals surface area contributed by atoms with Gasteiger partial charge in [0.25, 0.3) is 5.91 Å². The van der Waals surface area contributed by atoms with Crippen LogP contribution in [0.3, 0.4) is 0 Å². The Balaban J connectivity index is 1.65. The number of nitrogens with one attached hydrogen (secondary N) is 1. The molecule has 0 bridgehead atoms. The summed E-state index contributed by atoms with van der Waals surface area (Å²) in [5.74, 6) is -0.181. The summed E-state index contributed by atoms with van der Waals surface area (Å²) >= 11 is 1.41. The number of amides is 1. The molecule has 2 aliphatic rings. The van der Waals surface area contributed by atoms with Crippen LogP contribution in [0.1, 0.15) is 48.0 Å². The highest BCUT2D eigenvalue weighted by Crippen LogP contribution is 2.37. The molecule has 2 saturated heterocycles. The third kappa shape index (κ3) is 2.95. The van der Waals surface area contributed by atoms with Gasteiger partial charge in [-0.15, -0.1) is 11.3 Å². The van der Waals surface area contributed by atoms with Gasteiger partial charge < -0.3 is 10.2 Å². The van der Waals surface area contributed by atoms with E-state index in [9.17, 15) is 9.18 Å². The van der Waals surface area contributed by atoms with Gasteiger partial charge in [0.1, 0.15) is 15.7 Å². The maximum Gasteiger partial charge on any atom is 0.266 e. The van der Waals surface area contributed by atoms with Crippen LogP contribution >= 0.6 is 11.3 Å². The first-order valence-electron chi connectivity index (χ1n) is 9.28. The highest BCUT2D eigenvalue weighted by molar-refractivity contribution is 7.17. The lowest BCUT2D eigenvalue weighted by Crippen LogP contribution is -2.66. The Bertz CT molecular complexity index is 817. The van der Waals surface area contributed by atoms with E-state index in [-0.39, 0.29) is 17.3 Å². The molecule has 1 amide bonds. The average molecular weight is 373 g/mol. The predicted molar refractivity (Wildman–Crippen MR) is 102 cm³/mol. The fourth-order valence-electron chi connectivity index (χ4n) is 4.33. The molecule has 0 spiro atoms. The number of hydrogen-bond acceptors (Lipinski definition) is 4. The van der Waals surface area contributed by atoms with E-state index in [1.54, 1.807) is 12.1 Å². The Hall–Kier alpha value is -1.79. The zero-order chi connectivity index (χ0) is 18.3. The monoisotopic (exact) mass is 373 g/mol. The smallest absolute Gasteiger partial charge is 0.266 e. The molecule has 0 unspecified atom stereocenters. The van der Waals surface area contributed by atoms with Gasteiger partial charge in [-0.3, -0.25) is 4.79 Å². The Labute approximate surface area is 157 Å². The van der Waals surface area contributed by atoms with E-state index < -0.39 is 0 Å². The molecule has 2 aliphatic heterocycles. The van der Waals surface area contributed by atoms with Crippen molar-refractivity contribution in [3.05, 3.63) is 40.7 Å². The van der Waals surface area contributed by atoms with Crippen LogP contribution in [0.2, 0.25) is 0 Å². The Kier molecular flexibility index (Phi) is 4.57. The molecule has 1 aromatic heterocycles. The number of hydrogen-bond donors (Lipinski definition) is 1. The SMILES string of the molecule is Cc1nc(-c2ccc(F)cc2)sc1C(=O)N1CCC[C@H]2NCCC[C@@]21C. The average Bonchev–Trinajstić information content (AvgIpc) is 3.02. The number of fused-ring (bicyclic) bond motifs is 1. The van der Waals surface area contributed by atoms with E-state index in [4.69, 9.17) is 0 Å². The molecule has 2 atom stereocenters. The molecule has 0 saturated carbocycles. The van der Waals surface area contributed by atoms with Crippen molar-refractivity contribution in [3.63, 3.8) is 0 Å². The van der Waals surface area contributed by atoms with Crippen LogP contribution in [-0.4, -0.2) is 40.5 Å². The minimum Gasteiger partial charge on any atom is -0.331 e. The number of aromatic nitrogens is 1. The quantitative estimate of drug-likeness (QED) is 0.865. The first-order chi connectivity index (χ1) is 12.5. The lowest BCUT2D eigenvalue weighted by Gasteiger charge is -2.52. The summed E-state index contributed by atoms with van der Waals surface area (Å²) in [6.45, 7) is 5.95. The summed E-state index contributed by atoms with van der Waals surface area (Å²) in [5, 5.41) is 4.38. The van der Waals surface area contributed by atoms with Crippen molar-refractivity contribution in [2.45, 2.75) is 51.1 Å². The highest BCUT2D eigenvalue weighted by atomic mass is 32.1. The second-order valence-electron chi connectivity index (χ2n) is 7.51. The van der Waals surface area contributed by atoms with E-state index in [2.05, 4.69) is 22.1 Å². The molecular formula is C20H24FN3OS. The van der Waals surface area contributed by atoms with Crippen LogP contribution in [-0.2, 0) is 0 Å². The summed E-state index contributed by atoms with van der Waals surface area (Å²) in [5.41, 5.74) is 1.48. The number of carbonyl (C=O) groups excluding carboxylic acids is 1. The predicted octanol–water partition coefficient (Wildman–Crippen LogP) is 4.00. The number of thiazole rings is 1. The number of piperidine rings is 2. The molecule has 26 heavy (non-hydrogen) atoms. The highest BCUT2D eigenvalue weighted by Gasteiger charge is 2.46. The van der Waals surface area contributed by atoms with Gasteiger partial charge in [-0.2, -0.15) is 0 Å². The lowest BCUT2D eigenvalue weighted by atomic mass is 9.77. The first-order valence-corrected chi connectivity index (χ1v) is 10.1. The molecule has 6 heteroatoms. The zero-order valence-electron chi connectivity index (χ0n) is 15.2. The lowest BCUT2D eigenvalue weighted by molar-refractivity contribution is 0.00911. The molecule has 0 radical (unpaired) electrons. The molecule has 138 valence electrons. The van der Waals surface area contributed by atoms with Gasteiger partial charge in [-0.05, 0) is 70.3 Å². The normalized spacial score (nSPS) is 25.8. The maximum absolute atomic E-state index is 13.4. The molecule has 2 fully saturated rings. The van der Waals surface area contributed by atoms with Gasteiger partial charge in [0.15, 0.2) is 0 Å². The standard InChI is InChI=1S/C20H24FN3OS/c1-13-17(26-18(23-13)14-6-8-15(21)9-7-14)19(25)24-12-3-5-16-20(24,2)10-4-11-22-16/h6-9,16,22H,3-5,10-12H2,1-2H3/t16-,20+/m1/s1. The summed E-state index contributed by atoms with van der Waals surface area (Å²) in [6.07, 6.45) is 4.29. The van der Waals surface area contributed by atoms with Crippen molar-refractivity contribution in [2.75, 3.05) is 13.1 Å². The van der Waals surface area contributed by atoms with Crippen LogP contribution in [0, 0.1) is 12.7 Å². The van der Waals surface area contributed by atoms with Crippen molar-refractivity contribution in [1.29, 1.82) is 0 Å². The van der Waals surface area contributed by atoms with E-state index in [1.807, 2.05) is 6.92 Å². The summed E-state index contributed by atoms with van der Waals surface area (Å²) < 4.78 is 13.2. The van der Waals surface area contributed by atoms with E-state index >= 15 is 0 Å². The van der Waals surface area contributed by atoms with Crippen LogP contribution < -0.4 is 5.32 Å². The summed E-state index contributed by atoms with van der Waals surface area (Å²) in [4.78, 5) is 20.8. The topological polar surface area (TPSA) is 45.2 Å². The number of rotatable bonds is 2. The summed E-state index contributed by atoms with van der Waals surface area (Å²) in [6, 6.07) is 6.66. The van der Waals surface area contributed by atoms with Crippen LogP contribution in [0.5, 0.6) is 0 Å². The molecule has 2 aromatic rings. The minimum atomic E-state index is -0.268. The van der Waals surface area contributed by atoms with Gasteiger partial charge in [0.05, 0.1) is 11.2 Å². The fourth-order valence-corrected chi connectivity index (χ4v) is 5.35. The second-order valence-corrected chi connectivity index (χ2v) is 8.51. The number of halogens is 1. The Morgan fingerprint density at radius 2 is 2.12 bits per heavy atom. The largest absolute Gasteiger partial charge is 0.331 e. The maximum atomic E-state index is 13.4. The number of nitrogens with zero attached hydrogens (tertiary/aromatic N) is 2. The molecular weight excluding hydrogens is 349 g/mol. The molecule has 1 N–H and O–H groups in total. The third-order valence-corrected chi connectivity index (χ3v) is 7.01. The molecule has 0 aliphatic carbocycles. The van der Waals surface area contributed by atoms with Gasteiger partial charge >= 0.3 is 0 Å². The van der Waals surface area contributed by atoms with Gasteiger partial charge in [0, 0.05) is 18.2 Å². The summed E-state index contributed by atoms with van der Waals surface area (Å²) in [7, 11) is 0. The third-order valence-electron chi connectivity index (χ3n) is 5.82. The second kappa shape index (κ2) is 6.74. The molecule has 1 aromatic carbocycles. The van der Waals surface area contributed by atoms with Crippen LogP contribution in [0.4, 0.5) is 4.39 Å². The van der Waals surface area contributed by atoms with E-state index in [0.29, 0.717) is 10.9 Å². The fraction of sp³-hybridized carbons (Fsp3) is 0.500. The molecule has 4 nitrogen and oxygen atoms in total. The van der Waals surface area contributed by atoms with Crippen LogP contribution in [0.15, 0.2) is 24.3 Å². The van der Waals surface area contributed by atoms with Gasteiger partial charge in [0.2, 0.25) is 0 Å². The van der Waals surface area contributed by atoms with Crippen molar-refractivity contribution < 1.29 is 9.18 Å². The van der Waals surface area contributed by atoms with Crippen molar-refractivity contribution in [1.82, 2.24) is 15.2 Å². The van der Waals surface area contributed by atoms with Gasteiger partial charge in [-0.1, -0.05) is 0 Å². The molecule has 4 rings (SSSR count). The number of benzene rings is 1. The minimum absolute atomic E-state index is 0.0873. The number of carbonyl (C=O) groups is 1. The zero-order valence-corrected chi connectivity index (χ0v) is 16.0. The van der Waals surface area contributed by atoms with Crippen molar-refractivity contribution >= 4 is 17.2 Å². The van der Waals surface area contributed by atoms with E-state index in [1.165, 1.54) is 23.5 Å². The number of aryl methyl sites for hydroxylation is 1. The first kappa shape index (κ1) is 17.6. The van der Waals surface area contributed by atoms with E-state index in [0.717, 1.165) is 55.0 Å². The van der Waals surface area contributed by atoms with Crippen LogP contribution in [0.25, 0.3) is 10.6 Å². The van der Waals surface area contributed by atoms with Crippen molar-refractivity contribution in [3.8, 4) is 10.6 Å². The molecule has 3 heterocycles.